The van der Waals surface area contributed by atoms with Gasteiger partial charge in [0.05, 0.1) is 12.5 Å². The molecule has 7 heteroatoms. The number of hydrogen-bond acceptors (Lipinski definition) is 6. The van der Waals surface area contributed by atoms with Crippen molar-refractivity contribution in [2.75, 3.05) is 0 Å². The molecule has 4 aliphatic rings. The number of hydrogen-bond donors (Lipinski definition) is 0. The van der Waals surface area contributed by atoms with Crippen LogP contribution in [0.2, 0.25) is 0 Å². The first-order valence-corrected chi connectivity index (χ1v) is 11.9. The highest BCUT2D eigenvalue weighted by Gasteiger charge is 2.40. The summed E-state index contributed by atoms with van der Waals surface area (Å²) in [7, 11) is 0. The lowest BCUT2D eigenvalue weighted by Gasteiger charge is -2.29. The predicted octanol–water partition coefficient (Wildman–Crippen LogP) is 3.04. The van der Waals surface area contributed by atoms with Gasteiger partial charge in [-0.25, -0.2) is 0 Å². The Morgan fingerprint density at radius 1 is 0.939 bits per heavy atom. The fraction of sp³-hybridized carbons (Fsp3) is 0.462. The van der Waals surface area contributed by atoms with Crippen LogP contribution in [0.15, 0.2) is 36.7 Å². The van der Waals surface area contributed by atoms with Crippen molar-refractivity contribution >= 4 is 17.5 Å². The van der Waals surface area contributed by atoms with Crippen LogP contribution in [0.4, 0.5) is 0 Å². The summed E-state index contributed by atoms with van der Waals surface area (Å²) >= 11 is 0. The summed E-state index contributed by atoms with van der Waals surface area (Å²) in [6, 6.07) is 7.65. The van der Waals surface area contributed by atoms with Crippen molar-refractivity contribution < 1.29 is 19.1 Å². The average Bonchev–Trinajstić information content (AvgIpc) is 3.51. The van der Waals surface area contributed by atoms with Crippen molar-refractivity contribution in [2.45, 2.75) is 76.3 Å². The van der Waals surface area contributed by atoms with Gasteiger partial charge < -0.3 is 9.64 Å². The van der Waals surface area contributed by atoms with Gasteiger partial charge in [-0.05, 0) is 66.6 Å². The standard InChI is InChI=1S/C26H27N3O4/c30-19-4-7-22(24(31)11-19)29-15-17-10-20(5-6-21(17)26(29)32)33-25-3-1-2-23(25)28-13-16-8-9-27-12-18(16)14-28/h5-6,8-10,12,22-23,25H,1-4,7,11,13-15H2/t22?,23-,25+/m0/s1. The maximum absolute atomic E-state index is 12.9. The molecule has 2 aliphatic carbocycles. The number of benzene rings is 1. The van der Waals surface area contributed by atoms with Gasteiger partial charge in [-0.15, -0.1) is 0 Å². The van der Waals surface area contributed by atoms with Gasteiger partial charge in [0.2, 0.25) is 0 Å². The highest BCUT2D eigenvalue weighted by atomic mass is 16.5. The van der Waals surface area contributed by atoms with E-state index in [4.69, 9.17) is 4.74 Å². The molecule has 2 fully saturated rings. The minimum atomic E-state index is -0.488. The monoisotopic (exact) mass is 445 g/mol. The van der Waals surface area contributed by atoms with Crippen LogP contribution in [-0.2, 0) is 29.2 Å². The maximum Gasteiger partial charge on any atom is 0.255 e. The second-order valence-corrected chi connectivity index (χ2v) is 9.69. The molecule has 7 nitrogen and oxygen atoms in total. The van der Waals surface area contributed by atoms with Crippen LogP contribution in [0.5, 0.6) is 5.75 Å². The topological polar surface area (TPSA) is 79.8 Å². The van der Waals surface area contributed by atoms with Crippen LogP contribution >= 0.6 is 0 Å². The van der Waals surface area contributed by atoms with E-state index in [9.17, 15) is 14.4 Å². The van der Waals surface area contributed by atoms with Gasteiger partial charge in [0.25, 0.3) is 5.91 Å². The maximum atomic E-state index is 12.9. The second kappa shape index (κ2) is 8.06. The summed E-state index contributed by atoms with van der Waals surface area (Å²) in [5.41, 5.74) is 4.19. The number of Topliss-reactive ketones (excluding diaryl/α,β-unsaturated/α-hetero) is 2. The summed E-state index contributed by atoms with van der Waals surface area (Å²) < 4.78 is 6.48. The molecule has 1 amide bonds. The summed E-state index contributed by atoms with van der Waals surface area (Å²) in [5, 5.41) is 0. The van der Waals surface area contributed by atoms with E-state index < -0.39 is 6.04 Å². The van der Waals surface area contributed by atoms with E-state index in [0.717, 1.165) is 43.7 Å². The predicted molar refractivity (Wildman–Crippen MR) is 120 cm³/mol. The van der Waals surface area contributed by atoms with Gasteiger partial charge in [0.15, 0.2) is 5.78 Å². The molecule has 0 N–H and O–H groups in total. The van der Waals surface area contributed by atoms with Gasteiger partial charge in [-0.3, -0.25) is 24.3 Å². The van der Waals surface area contributed by atoms with Crippen molar-refractivity contribution in [1.29, 1.82) is 0 Å². The quantitative estimate of drug-likeness (QED) is 0.673. The average molecular weight is 446 g/mol. The molecule has 170 valence electrons. The summed E-state index contributed by atoms with van der Waals surface area (Å²) in [5.74, 6) is 0.495. The Morgan fingerprint density at radius 3 is 2.67 bits per heavy atom. The summed E-state index contributed by atoms with van der Waals surface area (Å²) in [6.07, 6.45) is 7.95. The smallest absolute Gasteiger partial charge is 0.255 e. The van der Waals surface area contributed by atoms with Gasteiger partial charge in [0.1, 0.15) is 17.6 Å². The Morgan fingerprint density at radius 2 is 1.82 bits per heavy atom. The number of ether oxygens (including phenoxy) is 1. The van der Waals surface area contributed by atoms with E-state index >= 15 is 0 Å². The second-order valence-electron chi connectivity index (χ2n) is 9.69. The zero-order chi connectivity index (χ0) is 22.5. The van der Waals surface area contributed by atoms with Gasteiger partial charge in [-0.1, -0.05) is 0 Å². The van der Waals surface area contributed by atoms with E-state index in [1.54, 1.807) is 4.90 Å². The number of amides is 1. The highest BCUT2D eigenvalue weighted by Crippen LogP contribution is 2.36. The van der Waals surface area contributed by atoms with Crippen molar-refractivity contribution in [3.8, 4) is 5.75 Å². The molecule has 2 saturated carbocycles. The minimum Gasteiger partial charge on any atom is -0.489 e. The van der Waals surface area contributed by atoms with Gasteiger partial charge >= 0.3 is 0 Å². The number of carbonyl (C=O) groups excluding carboxylic acids is 3. The molecule has 2 aromatic rings. The first kappa shape index (κ1) is 20.5. The molecule has 0 radical (unpaired) electrons. The number of fused-ring (bicyclic) bond motifs is 2. The molecule has 3 atom stereocenters. The molecule has 0 saturated heterocycles. The SMILES string of the molecule is O=C1CCC(N2Cc3cc(O[C@@H]4CCC[C@@H]4N4Cc5ccncc5C4)ccc3C2=O)C(=O)C1. The highest BCUT2D eigenvalue weighted by molar-refractivity contribution is 6.07. The molecular formula is C26H27N3O4. The van der Waals surface area contributed by atoms with Crippen molar-refractivity contribution in [3.63, 3.8) is 0 Å². The first-order chi connectivity index (χ1) is 16.1. The normalized spacial score (nSPS) is 27.2. The van der Waals surface area contributed by atoms with Crippen LogP contribution in [0, 0.1) is 0 Å². The van der Waals surface area contributed by atoms with Gasteiger partial charge in [0, 0.05) is 50.1 Å². The molecule has 1 aromatic carbocycles. The zero-order valence-corrected chi connectivity index (χ0v) is 18.5. The van der Waals surface area contributed by atoms with Crippen molar-refractivity contribution in [1.82, 2.24) is 14.8 Å². The van der Waals surface area contributed by atoms with Crippen molar-refractivity contribution in [3.05, 3.63) is 58.9 Å². The molecular weight excluding hydrogens is 418 g/mol. The largest absolute Gasteiger partial charge is 0.489 e. The number of nitrogens with zero attached hydrogens (tertiary/aromatic N) is 3. The zero-order valence-electron chi connectivity index (χ0n) is 18.5. The Hall–Kier alpha value is -3.06. The molecule has 0 spiro atoms. The third kappa shape index (κ3) is 3.64. The van der Waals surface area contributed by atoms with E-state index in [1.165, 1.54) is 11.1 Å². The number of pyridine rings is 1. The lowest BCUT2D eigenvalue weighted by atomic mass is 9.92. The Balaban J connectivity index is 1.16. The Bertz CT molecular complexity index is 1120. The van der Waals surface area contributed by atoms with Crippen LogP contribution in [0.1, 0.15) is 65.6 Å². The van der Waals surface area contributed by atoms with Crippen LogP contribution < -0.4 is 4.74 Å². The lowest BCUT2D eigenvalue weighted by Crippen LogP contribution is -2.44. The Labute approximate surface area is 192 Å². The number of carbonyl (C=O) groups is 3. The van der Waals surface area contributed by atoms with Crippen LogP contribution in [0.25, 0.3) is 0 Å². The number of aromatic nitrogens is 1. The third-order valence-corrected chi connectivity index (χ3v) is 7.65. The summed E-state index contributed by atoms with van der Waals surface area (Å²) in [6.45, 7) is 2.26. The first-order valence-electron chi connectivity index (χ1n) is 11.9. The fourth-order valence-corrected chi connectivity index (χ4v) is 5.95. The third-order valence-electron chi connectivity index (χ3n) is 7.65. The van der Waals surface area contributed by atoms with Crippen LogP contribution in [0.3, 0.4) is 0 Å². The fourth-order valence-electron chi connectivity index (χ4n) is 5.95. The lowest BCUT2D eigenvalue weighted by molar-refractivity contribution is -0.133. The number of ketones is 2. The molecule has 0 bridgehead atoms. The summed E-state index contributed by atoms with van der Waals surface area (Å²) in [4.78, 5) is 45.3. The molecule has 1 aromatic heterocycles. The Kier molecular flexibility index (Phi) is 5.02. The van der Waals surface area contributed by atoms with Crippen LogP contribution in [-0.4, -0.2) is 50.4 Å². The molecule has 33 heavy (non-hydrogen) atoms. The minimum absolute atomic E-state index is 0.0282. The molecule has 6 rings (SSSR count). The number of rotatable bonds is 4. The molecule has 1 unspecified atom stereocenters. The van der Waals surface area contributed by atoms with E-state index in [1.807, 2.05) is 30.6 Å². The van der Waals surface area contributed by atoms with Crippen molar-refractivity contribution in [2.24, 2.45) is 0 Å². The van der Waals surface area contributed by atoms with E-state index in [2.05, 4.69) is 16.0 Å². The molecule has 2 aliphatic heterocycles. The van der Waals surface area contributed by atoms with E-state index in [-0.39, 0.29) is 30.0 Å². The van der Waals surface area contributed by atoms with Gasteiger partial charge in [-0.2, -0.15) is 0 Å². The van der Waals surface area contributed by atoms with E-state index in [0.29, 0.717) is 31.0 Å². The molecule has 3 heterocycles.